The normalized spacial score (nSPS) is 16.6. The standard InChI is InChI=1S/C16H17F3N6O3/c1-20-12(26)7-21-14-13(24-28-25-14)15(23-27)22-11-5-3-8-2-4-9(6-10(8)11)16(17,18)19/h2,4,6,11,27H,3,5,7H2,1H3,(H,20,26)(H,21,25)(H,22,23). The van der Waals surface area contributed by atoms with Gasteiger partial charge < -0.3 is 21.2 Å². The zero-order valence-corrected chi connectivity index (χ0v) is 14.7. The van der Waals surface area contributed by atoms with E-state index in [1.54, 1.807) is 0 Å². The van der Waals surface area contributed by atoms with Crippen molar-refractivity contribution in [3.8, 4) is 0 Å². The molecule has 1 aliphatic carbocycles. The average Bonchev–Trinajstić information content (AvgIpc) is 3.29. The van der Waals surface area contributed by atoms with Gasteiger partial charge in [-0.15, -0.1) is 0 Å². The van der Waals surface area contributed by atoms with Gasteiger partial charge in [0.15, 0.2) is 11.5 Å². The lowest BCUT2D eigenvalue weighted by atomic mass is 10.0. The lowest BCUT2D eigenvalue weighted by molar-refractivity contribution is -0.137. The summed E-state index contributed by atoms with van der Waals surface area (Å²) in [6, 6.07) is 3.06. The highest BCUT2D eigenvalue weighted by Gasteiger charge is 2.34. The first-order valence-corrected chi connectivity index (χ1v) is 8.29. The van der Waals surface area contributed by atoms with Crippen molar-refractivity contribution >= 4 is 17.6 Å². The first-order chi connectivity index (χ1) is 13.3. The first kappa shape index (κ1) is 19.5. The summed E-state index contributed by atoms with van der Waals surface area (Å²) >= 11 is 0. The second-order valence-corrected chi connectivity index (χ2v) is 6.08. The van der Waals surface area contributed by atoms with E-state index in [1.807, 2.05) is 0 Å². The third-order valence-corrected chi connectivity index (χ3v) is 4.37. The highest BCUT2D eigenvalue weighted by molar-refractivity contribution is 6.01. The molecule has 1 aliphatic rings. The Morgan fingerprint density at radius 1 is 1.39 bits per heavy atom. The molecule has 0 radical (unpaired) electrons. The lowest BCUT2D eigenvalue weighted by Gasteiger charge is -2.17. The van der Waals surface area contributed by atoms with Crippen molar-refractivity contribution in [2.45, 2.75) is 25.1 Å². The smallest absolute Gasteiger partial charge is 0.409 e. The predicted octanol–water partition coefficient (Wildman–Crippen LogP) is 1.66. The molecular weight excluding hydrogens is 381 g/mol. The first-order valence-electron chi connectivity index (χ1n) is 8.29. The fourth-order valence-corrected chi connectivity index (χ4v) is 2.95. The van der Waals surface area contributed by atoms with E-state index in [1.165, 1.54) is 13.1 Å². The van der Waals surface area contributed by atoms with Crippen molar-refractivity contribution in [2.75, 3.05) is 18.9 Å². The van der Waals surface area contributed by atoms with Crippen LogP contribution in [0.4, 0.5) is 19.0 Å². The summed E-state index contributed by atoms with van der Waals surface area (Å²) in [7, 11) is 1.46. The molecule has 2 aromatic rings. The van der Waals surface area contributed by atoms with E-state index in [4.69, 9.17) is 0 Å². The molecule has 12 heteroatoms. The number of rotatable bonds is 5. The fourth-order valence-electron chi connectivity index (χ4n) is 2.95. The van der Waals surface area contributed by atoms with Crippen molar-refractivity contribution in [3.63, 3.8) is 0 Å². The van der Waals surface area contributed by atoms with E-state index in [0.717, 1.165) is 17.7 Å². The maximum atomic E-state index is 13.0. The van der Waals surface area contributed by atoms with Crippen LogP contribution in [0.5, 0.6) is 0 Å². The van der Waals surface area contributed by atoms with Gasteiger partial charge in [-0.1, -0.05) is 11.2 Å². The largest absolute Gasteiger partial charge is 0.416 e. The quantitative estimate of drug-likeness (QED) is 0.261. The molecule has 0 spiro atoms. The van der Waals surface area contributed by atoms with E-state index < -0.39 is 17.8 Å². The number of benzene rings is 1. The molecule has 0 saturated carbocycles. The van der Waals surface area contributed by atoms with Crippen LogP contribution in [0.15, 0.2) is 28.0 Å². The van der Waals surface area contributed by atoms with E-state index >= 15 is 0 Å². The van der Waals surface area contributed by atoms with E-state index in [2.05, 4.69) is 36.0 Å². The van der Waals surface area contributed by atoms with Crippen LogP contribution in [0.2, 0.25) is 0 Å². The van der Waals surface area contributed by atoms with Crippen LogP contribution in [-0.2, 0) is 17.4 Å². The number of hydrogen-bond acceptors (Lipinski definition) is 7. The number of fused-ring (bicyclic) bond motifs is 1. The summed E-state index contributed by atoms with van der Waals surface area (Å²) < 4.78 is 43.7. The number of aromatic nitrogens is 2. The van der Waals surface area contributed by atoms with Gasteiger partial charge in [0.1, 0.15) is 0 Å². The van der Waals surface area contributed by atoms with Crippen LogP contribution < -0.4 is 16.0 Å². The Morgan fingerprint density at radius 2 is 2.18 bits per heavy atom. The zero-order valence-electron chi connectivity index (χ0n) is 14.7. The minimum Gasteiger partial charge on any atom is -0.409 e. The second-order valence-electron chi connectivity index (χ2n) is 6.08. The number of oxime groups is 1. The molecule has 1 atom stereocenters. The second kappa shape index (κ2) is 7.74. The van der Waals surface area contributed by atoms with Crippen LogP contribution in [0.3, 0.4) is 0 Å². The number of aryl methyl sites for hydroxylation is 1. The summed E-state index contributed by atoms with van der Waals surface area (Å²) in [5.41, 5.74) is 0.483. The van der Waals surface area contributed by atoms with Gasteiger partial charge in [0, 0.05) is 7.05 Å². The number of likely N-dealkylation sites (N-methyl/N-ethyl adjacent to an activating group) is 1. The summed E-state index contributed by atoms with van der Waals surface area (Å²) in [6.07, 6.45) is -3.38. The van der Waals surface area contributed by atoms with Crippen LogP contribution in [-0.4, -0.2) is 40.9 Å². The minimum atomic E-state index is -4.46. The predicted molar refractivity (Wildman–Crippen MR) is 90.8 cm³/mol. The number of carbonyl (C=O) groups is 1. The zero-order chi connectivity index (χ0) is 20.3. The van der Waals surface area contributed by atoms with E-state index in [0.29, 0.717) is 18.4 Å². The third kappa shape index (κ3) is 4.00. The molecule has 4 N–H and O–H groups in total. The van der Waals surface area contributed by atoms with Gasteiger partial charge in [-0.3, -0.25) is 4.79 Å². The van der Waals surface area contributed by atoms with Crippen molar-refractivity contribution in [2.24, 2.45) is 5.16 Å². The molecule has 1 aromatic heterocycles. The lowest BCUT2D eigenvalue weighted by Crippen LogP contribution is -2.30. The van der Waals surface area contributed by atoms with Crippen LogP contribution in [0.25, 0.3) is 0 Å². The summed E-state index contributed by atoms with van der Waals surface area (Å²) in [4.78, 5) is 11.3. The molecule has 0 bridgehead atoms. The molecule has 1 aromatic carbocycles. The number of anilines is 1. The molecule has 9 nitrogen and oxygen atoms in total. The molecule has 1 unspecified atom stereocenters. The molecule has 0 saturated heterocycles. The van der Waals surface area contributed by atoms with Crippen LogP contribution >= 0.6 is 0 Å². The molecule has 0 aliphatic heterocycles. The monoisotopic (exact) mass is 398 g/mol. The SMILES string of the molecule is CNC(=O)CNc1nonc1/C(=N\O)NC1CCc2ccc(C(F)(F)F)cc21. The topological polar surface area (TPSA) is 125 Å². The van der Waals surface area contributed by atoms with Gasteiger partial charge in [0.05, 0.1) is 18.2 Å². The van der Waals surface area contributed by atoms with Crippen molar-refractivity contribution in [3.05, 3.63) is 40.6 Å². The van der Waals surface area contributed by atoms with Gasteiger partial charge >= 0.3 is 6.18 Å². The summed E-state index contributed by atoms with van der Waals surface area (Å²) in [6.45, 7) is -0.127. The number of nitrogens with zero attached hydrogens (tertiary/aromatic N) is 3. The Kier molecular flexibility index (Phi) is 5.38. The van der Waals surface area contributed by atoms with Crippen LogP contribution in [0.1, 0.15) is 34.8 Å². The third-order valence-electron chi connectivity index (χ3n) is 4.37. The number of nitrogens with one attached hydrogen (secondary N) is 3. The van der Waals surface area contributed by atoms with Gasteiger partial charge in [-0.05, 0) is 46.4 Å². The van der Waals surface area contributed by atoms with Crippen LogP contribution in [0, 0.1) is 0 Å². The molecule has 1 amide bonds. The highest BCUT2D eigenvalue weighted by atomic mass is 19.4. The Labute approximate surface area is 156 Å². The van der Waals surface area contributed by atoms with Gasteiger partial charge in [-0.25, -0.2) is 4.63 Å². The summed E-state index contributed by atoms with van der Waals surface area (Å²) in [5.74, 6) is -0.420. The van der Waals surface area contributed by atoms with Gasteiger partial charge in [0.2, 0.25) is 11.7 Å². The Morgan fingerprint density at radius 3 is 2.86 bits per heavy atom. The van der Waals surface area contributed by atoms with Crippen molar-refractivity contribution in [1.82, 2.24) is 20.9 Å². The molecule has 3 rings (SSSR count). The maximum Gasteiger partial charge on any atom is 0.416 e. The average molecular weight is 398 g/mol. The maximum absolute atomic E-state index is 13.0. The molecular formula is C16H17F3N6O3. The minimum absolute atomic E-state index is 0.00757. The Balaban J connectivity index is 1.80. The molecule has 0 fully saturated rings. The summed E-state index contributed by atoms with van der Waals surface area (Å²) in [5, 5.41) is 27.7. The number of hydrogen-bond donors (Lipinski definition) is 4. The van der Waals surface area contributed by atoms with Crippen molar-refractivity contribution in [1.29, 1.82) is 0 Å². The van der Waals surface area contributed by atoms with E-state index in [9.17, 15) is 23.2 Å². The molecule has 28 heavy (non-hydrogen) atoms. The Bertz CT molecular complexity index is 896. The van der Waals surface area contributed by atoms with Gasteiger partial charge in [0.25, 0.3) is 0 Å². The number of carbonyl (C=O) groups excluding carboxylic acids is 1. The Hall–Kier alpha value is -3.31. The number of halogens is 3. The molecule has 150 valence electrons. The number of amidine groups is 1. The van der Waals surface area contributed by atoms with Gasteiger partial charge in [-0.2, -0.15) is 13.2 Å². The highest BCUT2D eigenvalue weighted by Crippen LogP contribution is 2.37. The molecule has 1 heterocycles. The van der Waals surface area contributed by atoms with Crippen molar-refractivity contribution < 1.29 is 27.8 Å². The number of alkyl halides is 3. The van der Waals surface area contributed by atoms with E-state index in [-0.39, 0.29) is 29.8 Å². The number of amides is 1. The fraction of sp³-hybridized carbons (Fsp3) is 0.375.